The van der Waals surface area contributed by atoms with Gasteiger partial charge >= 0.3 is 6.18 Å². The van der Waals surface area contributed by atoms with E-state index in [2.05, 4.69) is 5.16 Å². The Morgan fingerprint density at radius 1 is 1.35 bits per heavy atom. The molecule has 0 amide bonds. The zero-order valence-corrected chi connectivity index (χ0v) is 9.25. The van der Waals surface area contributed by atoms with E-state index < -0.39 is 17.2 Å². The highest BCUT2D eigenvalue weighted by molar-refractivity contribution is 5.95. The highest BCUT2D eigenvalue weighted by Gasteiger charge is 2.48. The molecule has 0 bridgehead atoms. The van der Waals surface area contributed by atoms with Crippen molar-refractivity contribution in [3.05, 3.63) is 35.4 Å². The fourth-order valence-corrected chi connectivity index (χ4v) is 2.07. The Morgan fingerprint density at radius 2 is 2.00 bits per heavy atom. The Morgan fingerprint density at radius 3 is 2.47 bits per heavy atom. The third-order valence-electron chi connectivity index (χ3n) is 3.34. The largest absolute Gasteiger partial charge is 0.416 e. The van der Waals surface area contributed by atoms with Gasteiger partial charge in [0.1, 0.15) is 0 Å². The molecule has 1 saturated carbocycles. The molecule has 1 aromatic carbocycles. The molecule has 2 nitrogen and oxygen atoms in total. The number of rotatable bonds is 2. The second kappa shape index (κ2) is 3.75. The summed E-state index contributed by atoms with van der Waals surface area (Å²) in [6.07, 6.45) is -2.88. The van der Waals surface area contributed by atoms with Crippen molar-refractivity contribution >= 4 is 5.71 Å². The number of oxime groups is 1. The van der Waals surface area contributed by atoms with Gasteiger partial charge in [-0.2, -0.15) is 13.2 Å². The quantitative estimate of drug-likeness (QED) is 0.480. The normalized spacial score (nSPS) is 19.2. The average Bonchev–Trinajstić information content (AvgIpc) is 3.08. The molecule has 5 heteroatoms. The van der Waals surface area contributed by atoms with Crippen molar-refractivity contribution in [2.24, 2.45) is 5.16 Å². The molecule has 0 unspecified atom stereocenters. The fourth-order valence-electron chi connectivity index (χ4n) is 2.07. The summed E-state index contributed by atoms with van der Waals surface area (Å²) in [5, 5.41) is 11.9. The van der Waals surface area contributed by atoms with Crippen LogP contribution >= 0.6 is 0 Å². The van der Waals surface area contributed by atoms with E-state index in [0.29, 0.717) is 11.3 Å². The number of halogens is 3. The Kier molecular flexibility index (Phi) is 2.64. The maximum atomic E-state index is 12.6. The lowest BCUT2D eigenvalue weighted by Gasteiger charge is -2.16. The molecule has 0 saturated heterocycles. The van der Waals surface area contributed by atoms with Gasteiger partial charge in [0.05, 0.1) is 11.3 Å². The van der Waals surface area contributed by atoms with E-state index in [1.165, 1.54) is 6.07 Å². The standard InChI is InChI=1S/C12H12F3NO/c1-8(16-17)11(5-6-11)9-3-2-4-10(7-9)12(13,14)15/h2-4,7,17H,5-6H2,1H3/b16-8+. The van der Waals surface area contributed by atoms with Crippen LogP contribution in [0.15, 0.2) is 29.4 Å². The van der Waals surface area contributed by atoms with Gasteiger partial charge < -0.3 is 5.21 Å². The molecule has 1 aliphatic rings. The van der Waals surface area contributed by atoms with E-state index in [4.69, 9.17) is 5.21 Å². The van der Waals surface area contributed by atoms with Gasteiger partial charge in [0.25, 0.3) is 0 Å². The first-order valence-electron chi connectivity index (χ1n) is 5.27. The molecule has 17 heavy (non-hydrogen) atoms. The summed E-state index contributed by atoms with van der Waals surface area (Å²) in [4.78, 5) is 0. The molecular weight excluding hydrogens is 231 g/mol. The van der Waals surface area contributed by atoms with Gasteiger partial charge in [-0.25, -0.2) is 0 Å². The van der Waals surface area contributed by atoms with Gasteiger partial charge in [-0.05, 0) is 31.4 Å². The molecule has 0 spiro atoms. The number of alkyl halides is 3. The van der Waals surface area contributed by atoms with Crippen LogP contribution in [-0.4, -0.2) is 10.9 Å². The first-order chi connectivity index (χ1) is 7.90. The van der Waals surface area contributed by atoms with Crippen LogP contribution in [0, 0.1) is 0 Å². The van der Waals surface area contributed by atoms with Gasteiger partial charge in [-0.15, -0.1) is 0 Å². The van der Waals surface area contributed by atoms with E-state index in [0.717, 1.165) is 25.0 Å². The van der Waals surface area contributed by atoms with Gasteiger partial charge in [0.2, 0.25) is 0 Å². The van der Waals surface area contributed by atoms with Gasteiger partial charge in [-0.3, -0.25) is 0 Å². The minimum Gasteiger partial charge on any atom is -0.411 e. The zero-order chi connectivity index (χ0) is 12.7. The van der Waals surface area contributed by atoms with E-state index in [9.17, 15) is 13.2 Å². The second-order valence-corrected chi connectivity index (χ2v) is 4.35. The Hall–Kier alpha value is -1.52. The molecule has 0 aromatic heterocycles. The first-order valence-corrected chi connectivity index (χ1v) is 5.27. The van der Waals surface area contributed by atoms with E-state index in [-0.39, 0.29) is 0 Å². The van der Waals surface area contributed by atoms with Crippen LogP contribution in [0.5, 0.6) is 0 Å². The molecule has 1 N–H and O–H groups in total. The van der Waals surface area contributed by atoms with Gasteiger partial charge in [0, 0.05) is 5.41 Å². The zero-order valence-electron chi connectivity index (χ0n) is 9.25. The molecule has 0 radical (unpaired) electrons. The SMILES string of the molecule is C/C(=N\O)C1(c2cccc(C(F)(F)F)c2)CC1. The summed E-state index contributed by atoms with van der Waals surface area (Å²) >= 11 is 0. The number of benzene rings is 1. The summed E-state index contributed by atoms with van der Waals surface area (Å²) in [5.41, 5.74) is -0.109. The van der Waals surface area contributed by atoms with Crippen molar-refractivity contribution in [3.63, 3.8) is 0 Å². The molecule has 1 aromatic rings. The van der Waals surface area contributed by atoms with E-state index in [1.807, 2.05) is 0 Å². The number of hydrogen-bond acceptors (Lipinski definition) is 2. The van der Waals surface area contributed by atoms with Gasteiger partial charge in [0.15, 0.2) is 0 Å². The van der Waals surface area contributed by atoms with Crippen molar-refractivity contribution in [3.8, 4) is 0 Å². The maximum absolute atomic E-state index is 12.6. The third-order valence-corrected chi connectivity index (χ3v) is 3.34. The predicted octanol–water partition coefficient (Wildman–Crippen LogP) is 3.59. The summed E-state index contributed by atoms with van der Waals surface area (Å²) in [6.45, 7) is 1.63. The average molecular weight is 243 g/mol. The Labute approximate surface area is 96.8 Å². The third kappa shape index (κ3) is 2.01. The lowest BCUT2D eigenvalue weighted by Crippen LogP contribution is -2.18. The monoisotopic (exact) mass is 243 g/mol. The lowest BCUT2D eigenvalue weighted by molar-refractivity contribution is -0.137. The minimum absolute atomic E-state index is 0.469. The van der Waals surface area contributed by atoms with Crippen molar-refractivity contribution in [2.45, 2.75) is 31.4 Å². The van der Waals surface area contributed by atoms with Crippen LogP contribution in [0.1, 0.15) is 30.9 Å². The molecule has 0 atom stereocenters. The summed E-state index contributed by atoms with van der Waals surface area (Å²) in [7, 11) is 0. The van der Waals surface area contributed by atoms with Crippen LogP contribution in [0.25, 0.3) is 0 Å². The van der Waals surface area contributed by atoms with E-state index in [1.54, 1.807) is 13.0 Å². The molecule has 0 heterocycles. The number of nitrogens with zero attached hydrogens (tertiary/aromatic N) is 1. The Bertz CT molecular complexity index is 461. The molecular formula is C12H12F3NO. The topological polar surface area (TPSA) is 32.6 Å². The summed E-state index contributed by atoms with van der Waals surface area (Å²) in [5.74, 6) is 0. The van der Waals surface area contributed by atoms with Gasteiger partial charge in [-0.1, -0.05) is 23.4 Å². The fraction of sp³-hybridized carbons (Fsp3) is 0.417. The lowest BCUT2D eigenvalue weighted by atomic mass is 9.90. The van der Waals surface area contributed by atoms with Crippen molar-refractivity contribution in [2.75, 3.05) is 0 Å². The maximum Gasteiger partial charge on any atom is 0.416 e. The van der Waals surface area contributed by atoms with Crippen LogP contribution in [0.3, 0.4) is 0 Å². The second-order valence-electron chi connectivity index (χ2n) is 4.35. The highest BCUT2D eigenvalue weighted by Crippen LogP contribution is 2.50. The van der Waals surface area contributed by atoms with Crippen LogP contribution < -0.4 is 0 Å². The van der Waals surface area contributed by atoms with Crippen LogP contribution in [0.2, 0.25) is 0 Å². The van der Waals surface area contributed by atoms with Crippen LogP contribution in [-0.2, 0) is 11.6 Å². The van der Waals surface area contributed by atoms with Crippen molar-refractivity contribution in [1.29, 1.82) is 0 Å². The highest BCUT2D eigenvalue weighted by atomic mass is 19.4. The predicted molar refractivity (Wildman–Crippen MR) is 57.3 cm³/mol. The Balaban J connectivity index is 2.42. The first kappa shape index (κ1) is 12.0. The molecule has 0 aliphatic heterocycles. The van der Waals surface area contributed by atoms with Crippen LogP contribution in [0.4, 0.5) is 13.2 Å². The molecule has 1 fully saturated rings. The smallest absolute Gasteiger partial charge is 0.411 e. The summed E-state index contributed by atoms with van der Waals surface area (Å²) in [6, 6.07) is 5.23. The number of hydrogen-bond donors (Lipinski definition) is 1. The van der Waals surface area contributed by atoms with Crippen molar-refractivity contribution < 1.29 is 18.4 Å². The molecule has 2 rings (SSSR count). The summed E-state index contributed by atoms with van der Waals surface area (Å²) < 4.78 is 37.7. The van der Waals surface area contributed by atoms with Crippen molar-refractivity contribution in [1.82, 2.24) is 0 Å². The van der Waals surface area contributed by atoms with E-state index >= 15 is 0 Å². The minimum atomic E-state index is -4.34. The molecule has 1 aliphatic carbocycles. The molecule has 92 valence electrons.